The molecule has 16 heavy (non-hydrogen) atoms. The Morgan fingerprint density at radius 3 is 3.06 bits per heavy atom. The molecule has 1 saturated carbocycles. The molecule has 86 valence electrons. The molecule has 2 heteroatoms. The molecule has 1 aliphatic carbocycles. The summed E-state index contributed by atoms with van der Waals surface area (Å²) in [7, 11) is 0. The zero-order chi connectivity index (χ0) is 11.0. The molecule has 0 atom stereocenters. The largest absolute Gasteiger partial charge is 0.312 e. The zero-order valence-corrected chi connectivity index (χ0v) is 9.97. The Labute approximate surface area is 97.4 Å². The monoisotopic (exact) mass is 216 g/mol. The van der Waals surface area contributed by atoms with Crippen LogP contribution in [0.2, 0.25) is 0 Å². The van der Waals surface area contributed by atoms with Gasteiger partial charge in [0.2, 0.25) is 0 Å². The molecule has 1 aromatic rings. The van der Waals surface area contributed by atoms with Crippen LogP contribution in [0.15, 0.2) is 18.2 Å². The fourth-order valence-electron chi connectivity index (χ4n) is 2.45. The molecule has 0 radical (unpaired) electrons. The highest BCUT2D eigenvalue weighted by Crippen LogP contribution is 2.34. The fourth-order valence-corrected chi connectivity index (χ4v) is 2.45. The predicted octanol–water partition coefficient (Wildman–Crippen LogP) is 1.97. The van der Waals surface area contributed by atoms with Crippen molar-refractivity contribution in [3.8, 4) is 0 Å². The van der Waals surface area contributed by atoms with E-state index in [-0.39, 0.29) is 0 Å². The summed E-state index contributed by atoms with van der Waals surface area (Å²) in [6.45, 7) is 5.53. The summed E-state index contributed by atoms with van der Waals surface area (Å²) >= 11 is 0. The van der Waals surface area contributed by atoms with Crippen LogP contribution in [-0.4, -0.2) is 12.1 Å². The van der Waals surface area contributed by atoms with Gasteiger partial charge in [-0.25, -0.2) is 0 Å². The molecule has 0 amide bonds. The van der Waals surface area contributed by atoms with Crippen LogP contribution in [-0.2, 0) is 19.5 Å². The van der Waals surface area contributed by atoms with Crippen molar-refractivity contribution in [2.45, 2.75) is 44.8 Å². The van der Waals surface area contributed by atoms with Gasteiger partial charge in [0, 0.05) is 18.6 Å². The second-order valence-electron chi connectivity index (χ2n) is 5.40. The summed E-state index contributed by atoms with van der Waals surface area (Å²) in [6, 6.07) is 6.73. The maximum absolute atomic E-state index is 3.68. The standard InChI is InChI=1S/C14H20N2/c1-14(6-7-14)16-10-12-4-2-3-11-9-15-8-5-13(11)12/h2-4,15-16H,5-10H2,1H3. The zero-order valence-electron chi connectivity index (χ0n) is 9.97. The van der Waals surface area contributed by atoms with Crippen LogP contribution >= 0.6 is 0 Å². The number of rotatable bonds is 3. The third-order valence-corrected chi connectivity index (χ3v) is 3.94. The fraction of sp³-hybridized carbons (Fsp3) is 0.571. The van der Waals surface area contributed by atoms with Crippen molar-refractivity contribution in [1.29, 1.82) is 0 Å². The number of benzene rings is 1. The van der Waals surface area contributed by atoms with Gasteiger partial charge >= 0.3 is 0 Å². The Morgan fingerprint density at radius 2 is 2.25 bits per heavy atom. The third-order valence-electron chi connectivity index (χ3n) is 3.94. The number of hydrogen-bond acceptors (Lipinski definition) is 2. The predicted molar refractivity (Wildman–Crippen MR) is 66.3 cm³/mol. The van der Waals surface area contributed by atoms with Gasteiger partial charge < -0.3 is 10.6 Å². The molecule has 2 nitrogen and oxygen atoms in total. The van der Waals surface area contributed by atoms with E-state index in [1.54, 1.807) is 5.56 Å². The van der Waals surface area contributed by atoms with Crippen molar-refractivity contribution in [3.05, 3.63) is 34.9 Å². The van der Waals surface area contributed by atoms with Gasteiger partial charge in [-0.2, -0.15) is 0 Å². The van der Waals surface area contributed by atoms with Crippen molar-refractivity contribution in [1.82, 2.24) is 10.6 Å². The smallest absolute Gasteiger partial charge is 0.0213 e. The third kappa shape index (κ3) is 2.00. The van der Waals surface area contributed by atoms with Crippen molar-refractivity contribution >= 4 is 0 Å². The molecular weight excluding hydrogens is 196 g/mol. The summed E-state index contributed by atoms with van der Waals surface area (Å²) in [4.78, 5) is 0. The van der Waals surface area contributed by atoms with Crippen LogP contribution < -0.4 is 10.6 Å². The van der Waals surface area contributed by atoms with E-state index in [1.165, 1.54) is 30.4 Å². The summed E-state index contributed by atoms with van der Waals surface area (Å²) in [5, 5.41) is 7.11. The summed E-state index contributed by atoms with van der Waals surface area (Å²) in [5.41, 5.74) is 5.02. The maximum atomic E-state index is 3.68. The Kier molecular flexibility index (Phi) is 2.49. The maximum Gasteiger partial charge on any atom is 0.0213 e. The van der Waals surface area contributed by atoms with Gasteiger partial charge in [-0.15, -0.1) is 0 Å². The minimum absolute atomic E-state index is 0.440. The van der Waals surface area contributed by atoms with E-state index < -0.39 is 0 Å². The molecule has 1 aromatic carbocycles. The van der Waals surface area contributed by atoms with E-state index in [9.17, 15) is 0 Å². The van der Waals surface area contributed by atoms with Gasteiger partial charge in [-0.1, -0.05) is 18.2 Å². The Balaban J connectivity index is 1.78. The molecule has 0 unspecified atom stereocenters. The first kappa shape index (κ1) is 10.3. The SMILES string of the molecule is CC1(NCc2cccc3c2CCNC3)CC1. The molecule has 1 heterocycles. The average molecular weight is 216 g/mol. The lowest BCUT2D eigenvalue weighted by atomic mass is 9.95. The van der Waals surface area contributed by atoms with E-state index in [2.05, 4.69) is 35.8 Å². The average Bonchev–Trinajstić information content (AvgIpc) is 3.05. The van der Waals surface area contributed by atoms with Gasteiger partial charge in [0.1, 0.15) is 0 Å². The molecule has 2 aliphatic rings. The van der Waals surface area contributed by atoms with Gasteiger partial charge in [-0.3, -0.25) is 0 Å². The number of nitrogens with one attached hydrogen (secondary N) is 2. The van der Waals surface area contributed by atoms with Crippen LogP contribution in [0.25, 0.3) is 0 Å². The Bertz CT molecular complexity index is 394. The molecule has 0 saturated heterocycles. The second kappa shape index (κ2) is 3.86. The quantitative estimate of drug-likeness (QED) is 0.807. The van der Waals surface area contributed by atoms with Gasteiger partial charge in [-0.05, 0) is 49.4 Å². The normalized spacial score (nSPS) is 21.6. The molecule has 1 fully saturated rings. The van der Waals surface area contributed by atoms with Crippen LogP contribution in [0.3, 0.4) is 0 Å². The van der Waals surface area contributed by atoms with Crippen molar-refractivity contribution in [3.63, 3.8) is 0 Å². The highest BCUT2D eigenvalue weighted by atomic mass is 15.0. The lowest BCUT2D eigenvalue weighted by Crippen LogP contribution is -2.29. The molecule has 2 N–H and O–H groups in total. The second-order valence-corrected chi connectivity index (χ2v) is 5.40. The summed E-state index contributed by atoms with van der Waals surface area (Å²) in [6.07, 6.45) is 3.86. The first-order chi connectivity index (χ1) is 7.77. The highest BCUT2D eigenvalue weighted by Gasteiger charge is 2.36. The summed E-state index contributed by atoms with van der Waals surface area (Å²) in [5.74, 6) is 0. The van der Waals surface area contributed by atoms with E-state index >= 15 is 0 Å². The van der Waals surface area contributed by atoms with Crippen LogP contribution in [0.1, 0.15) is 36.5 Å². The van der Waals surface area contributed by atoms with Crippen molar-refractivity contribution < 1.29 is 0 Å². The van der Waals surface area contributed by atoms with E-state index in [0.717, 1.165) is 19.6 Å². The van der Waals surface area contributed by atoms with Crippen molar-refractivity contribution in [2.75, 3.05) is 6.54 Å². The first-order valence-electron chi connectivity index (χ1n) is 6.32. The molecular formula is C14H20N2. The van der Waals surface area contributed by atoms with Gasteiger partial charge in [0.25, 0.3) is 0 Å². The van der Waals surface area contributed by atoms with E-state index in [4.69, 9.17) is 0 Å². The molecule has 0 spiro atoms. The Morgan fingerprint density at radius 1 is 1.38 bits per heavy atom. The topological polar surface area (TPSA) is 24.1 Å². The van der Waals surface area contributed by atoms with E-state index in [1.807, 2.05) is 0 Å². The number of hydrogen-bond donors (Lipinski definition) is 2. The summed E-state index contributed by atoms with van der Waals surface area (Å²) < 4.78 is 0. The van der Waals surface area contributed by atoms with E-state index in [0.29, 0.717) is 5.54 Å². The Hall–Kier alpha value is -0.860. The highest BCUT2D eigenvalue weighted by molar-refractivity contribution is 5.37. The number of fused-ring (bicyclic) bond motifs is 1. The molecule has 3 rings (SSSR count). The van der Waals surface area contributed by atoms with Gasteiger partial charge in [0.05, 0.1) is 0 Å². The molecule has 0 bridgehead atoms. The van der Waals surface area contributed by atoms with Crippen molar-refractivity contribution in [2.24, 2.45) is 0 Å². The molecule has 0 aromatic heterocycles. The minimum atomic E-state index is 0.440. The van der Waals surface area contributed by atoms with Crippen LogP contribution in [0.4, 0.5) is 0 Å². The van der Waals surface area contributed by atoms with Gasteiger partial charge in [0.15, 0.2) is 0 Å². The van der Waals surface area contributed by atoms with Crippen LogP contribution in [0, 0.1) is 0 Å². The van der Waals surface area contributed by atoms with Crippen LogP contribution in [0.5, 0.6) is 0 Å². The first-order valence-corrected chi connectivity index (χ1v) is 6.32. The lowest BCUT2D eigenvalue weighted by Gasteiger charge is -2.21. The lowest BCUT2D eigenvalue weighted by molar-refractivity contribution is 0.532. The minimum Gasteiger partial charge on any atom is -0.312 e. The molecule has 1 aliphatic heterocycles.